The van der Waals surface area contributed by atoms with Gasteiger partial charge in [0.2, 0.25) is 5.82 Å². The summed E-state index contributed by atoms with van der Waals surface area (Å²) in [6.07, 6.45) is 0. The first kappa shape index (κ1) is 13.1. The van der Waals surface area contributed by atoms with Crippen LogP contribution in [0.3, 0.4) is 0 Å². The van der Waals surface area contributed by atoms with Crippen LogP contribution in [0, 0.1) is 0 Å². The topological polar surface area (TPSA) is 78.8 Å². The molecule has 0 aliphatic heterocycles. The summed E-state index contributed by atoms with van der Waals surface area (Å²) in [6, 6.07) is 15.2. The summed E-state index contributed by atoms with van der Waals surface area (Å²) in [5.41, 5.74) is 8.15. The van der Waals surface area contributed by atoms with E-state index in [2.05, 4.69) is 15.4 Å². The third-order valence-electron chi connectivity index (χ3n) is 3.00. The summed E-state index contributed by atoms with van der Waals surface area (Å²) in [7, 11) is 0. The molecule has 0 spiro atoms. The Hall–Kier alpha value is -2.89. The Morgan fingerprint density at radius 2 is 1.90 bits per heavy atom. The molecule has 0 saturated heterocycles. The van der Waals surface area contributed by atoms with Gasteiger partial charge in [-0.05, 0) is 24.3 Å². The first-order valence-electron chi connectivity index (χ1n) is 6.66. The lowest BCUT2D eigenvalue weighted by atomic mass is 10.2. The van der Waals surface area contributed by atoms with E-state index in [-0.39, 0.29) is 0 Å². The maximum Gasteiger partial charge on any atom is 0.205 e. The van der Waals surface area contributed by atoms with E-state index in [0.29, 0.717) is 29.6 Å². The molecule has 0 unspecified atom stereocenters. The molecular weight excluding hydrogens is 266 g/mol. The van der Waals surface area contributed by atoms with Crippen molar-refractivity contribution in [3.63, 3.8) is 0 Å². The van der Waals surface area contributed by atoms with Gasteiger partial charge in [0.1, 0.15) is 17.1 Å². The number of nitrogens with two attached hydrogens (primary N) is 1. The van der Waals surface area contributed by atoms with Crippen molar-refractivity contribution in [3.8, 4) is 22.8 Å². The van der Waals surface area contributed by atoms with Crippen LogP contribution >= 0.6 is 0 Å². The van der Waals surface area contributed by atoms with E-state index in [9.17, 15) is 0 Å². The van der Waals surface area contributed by atoms with Crippen LogP contribution in [0.1, 0.15) is 6.92 Å². The van der Waals surface area contributed by atoms with E-state index >= 15 is 0 Å². The van der Waals surface area contributed by atoms with Gasteiger partial charge in [0.25, 0.3) is 0 Å². The molecule has 0 atom stereocenters. The van der Waals surface area contributed by atoms with Crippen LogP contribution in [0.2, 0.25) is 0 Å². The van der Waals surface area contributed by atoms with E-state index in [4.69, 9.17) is 10.5 Å². The molecule has 0 aliphatic rings. The van der Waals surface area contributed by atoms with E-state index in [0.717, 1.165) is 5.56 Å². The van der Waals surface area contributed by atoms with Crippen LogP contribution in [0.5, 0.6) is 5.75 Å². The average Bonchev–Trinajstić information content (AvgIpc) is 3.00. The number of hydrogen-bond donors (Lipinski definition) is 1. The summed E-state index contributed by atoms with van der Waals surface area (Å²) in [5, 5.41) is 12.5. The summed E-state index contributed by atoms with van der Waals surface area (Å²) < 4.78 is 5.48. The molecule has 0 radical (unpaired) electrons. The molecule has 2 N–H and O–H groups in total. The molecule has 1 aromatic heterocycles. The number of anilines is 1. The zero-order chi connectivity index (χ0) is 14.7. The summed E-state index contributed by atoms with van der Waals surface area (Å²) in [6.45, 7) is 2.46. The predicted octanol–water partition coefficient (Wildman–Crippen LogP) is 2.31. The number of tetrazole rings is 1. The van der Waals surface area contributed by atoms with E-state index < -0.39 is 0 Å². The van der Waals surface area contributed by atoms with Gasteiger partial charge in [0, 0.05) is 5.56 Å². The highest BCUT2D eigenvalue weighted by molar-refractivity contribution is 5.66. The highest BCUT2D eigenvalue weighted by Crippen LogP contribution is 2.27. The quantitative estimate of drug-likeness (QED) is 0.742. The van der Waals surface area contributed by atoms with Crippen LogP contribution in [-0.2, 0) is 0 Å². The Bertz CT molecular complexity index is 739. The normalized spacial score (nSPS) is 10.5. The van der Waals surface area contributed by atoms with Crippen molar-refractivity contribution in [1.82, 2.24) is 20.2 Å². The second kappa shape index (κ2) is 5.62. The minimum Gasteiger partial charge on any atom is -0.492 e. The Kier molecular flexibility index (Phi) is 3.51. The molecule has 0 amide bonds. The fourth-order valence-corrected chi connectivity index (χ4v) is 2.01. The van der Waals surface area contributed by atoms with Gasteiger partial charge >= 0.3 is 0 Å². The highest BCUT2D eigenvalue weighted by Gasteiger charge is 2.12. The van der Waals surface area contributed by atoms with Gasteiger partial charge in [-0.2, -0.15) is 0 Å². The Balaban J connectivity index is 1.99. The second-order valence-corrected chi connectivity index (χ2v) is 4.39. The summed E-state index contributed by atoms with van der Waals surface area (Å²) in [5.74, 6) is 1.17. The van der Waals surface area contributed by atoms with Gasteiger partial charge in [-0.1, -0.05) is 36.4 Å². The average molecular weight is 281 g/mol. The minimum absolute atomic E-state index is 0.497. The number of rotatable bonds is 4. The van der Waals surface area contributed by atoms with Crippen molar-refractivity contribution < 1.29 is 4.74 Å². The zero-order valence-corrected chi connectivity index (χ0v) is 11.6. The fraction of sp³-hybridized carbons (Fsp3) is 0.133. The third kappa shape index (κ3) is 2.55. The molecule has 1 heterocycles. The van der Waals surface area contributed by atoms with Gasteiger partial charge in [-0.25, -0.2) is 0 Å². The summed E-state index contributed by atoms with van der Waals surface area (Å²) >= 11 is 0. The Morgan fingerprint density at radius 3 is 2.67 bits per heavy atom. The molecule has 21 heavy (non-hydrogen) atoms. The van der Waals surface area contributed by atoms with E-state index in [1.807, 2.05) is 55.5 Å². The van der Waals surface area contributed by atoms with Crippen molar-refractivity contribution in [1.29, 1.82) is 0 Å². The number of ether oxygens (including phenoxy) is 1. The molecule has 106 valence electrons. The van der Waals surface area contributed by atoms with Crippen LogP contribution in [0.4, 0.5) is 5.69 Å². The number of hydrogen-bond acceptors (Lipinski definition) is 5. The van der Waals surface area contributed by atoms with Crippen molar-refractivity contribution in [3.05, 3.63) is 48.5 Å². The molecular formula is C15H15N5O. The molecule has 3 rings (SSSR count). The van der Waals surface area contributed by atoms with Gasteiger partial charge < -0.3 is 10.5 Å². The van der Waals surface area contributed by atoms with Gasteiger partial charge in [0.05, 0.1) is 6.61 Å². The Morgan fingerprint density at radius 1 is 1.10 bits per heavy atom. The first-order chi connectivity index (χ1) is 10.3. The predicted molar refractivity (Wildman–Crippen MR) is 80.2 cm³/mol. The molecule has 0 bridgehead atoms. The van der Waals surface area contributed by atoms with Gasteiger partial charge in [-0.3, -0.25) is 0 Å². The van der Waals surface area contributed by atoms with Crippen molar-refractivity contribution in [2.45, 2.75) is 6.92 Å². The monoisotopic (exact) mass is 281 g/mol. The van der Waals surface area contributed by atoms with Gasteiger partial charge in [0.15, 0.2) is 0 Å². The fourth-order valence-electron chi connectivity index (χ4n) is 2.01. The summed E-state index contributed by atoms with van der Waals surface area (Å²) in [4.78, 5) is 1.42. The highest BCUT2D eigenvalue weighted by atomic mass is 16.5. The van der Waals surface area contributed by atoms with Crippen molar-refractivity contribution >= 4 is 5.69 Å². The van der Waals surface area contributed by atoms with E-state index in [1.54, 1.807) is 0 Å². The standard InChI is InChI=1S/C15H15N5O/c1-2-21-13-10-6-9-12(14(13)16)20-18-15(17-19-20)11-7-4-3-5-8-11/h3-10H,2,16H2,1H3. The van der Waals surface area contributed by atoms with Crippen LogP contribution < -0.4 is 10.5 Å². The van der Waals surface area contributed by atoms with Crippen LogP contribution in [0.15, 0.2) is 48.5 Å². The molecule has 0 saturated carbocycles. The first-order valence-corrected chi connectivity index (χ1v) is 6.66. The smallest absolute Gasteiger partial charge is 0.205 e. The van der Waals surface area contributed by atoms with Crippen molar-refractivity contribution in [2.75, 3.05) is 12.3 Å². The number of para-hydroxylation sites is 1. The number of nitrogen functional groups attached to an aromatic ring is 1. The molecule has 3 aromatic rings. The lowest BCUT2D eigenvalue weighted by molar-refractivity contribution is 0.342. The molecule has 6 heteroatoms. The Labute approximate surface area is 122 Å². The van der Waals surface area contributed by atoms with Crippen LogP contribution in [-0.4, -0.2) is 26.8 Å². The third-order valence-corrected chi connectivity index (χ3v) is 3.00. The maximum atomic E-state index is 6.10. The number of aromatic nitrogens is 4. The lowest BCUT2D eigenvalue weighted by Gasteiger charge is -2.09. The van der Waals surface area contributed by atoms with Gasteiger partial charge in [-0.15, -0.1) is 15.0 Å². The second-order valence-electron chi connectivity index (χ2n) is 4.39. The largest absolute Gasteiger partial charge is 0.492 e. The van der Waals surface area contributed by atoms with Crippen molar-refractivity contribution in [2.24, 2.45) is 0 Å². The molecule has 0 aliphatic carbocycles. The molecule has 0 fully saturated rings. The number of benzene rings is 2. The lowest BCUT2D eigenvalue weighted by Crippen LogP contribution is -2.06. The molecule has 6 nitrogen and oxygen atoms in total. The zero-order valence-electron chi connectivity index (χ0n) is 11.6. The molecule has 2 aromatic carbocycles. The number of nitrogens with zero attached hydrogens (tertiary/aromatic N) is 4. The SMILES string of the molecule is CCOc1cccc(-n2nnc(-c3ccccc3)n2)c1N. The maximum absolute atomic E-state index is 6.10. The minimum atomic E-state index is 0.497. The van der Waals surface area contributed by atoms with Crippen LogP contribution in [0.25, 0.3) is 17.1 Å². The van der Waals surface area contributed by atoms with E-state index in [1.165, 1.54) is 4.80 Å².